The zero-order valence-electron chi connectivity index (χ0n) is 11.8. The van der Waals surface area contributed by atoms with Crippen molar-refractivity contribution in [1.29, 1.82) is 5.26 Å². The van der Waals surface area contributed by atoms with Crippen molar-refractivity contribution in [2.75, 3.05) is 26.5 Å². The third kappa shape index (κ3) is 2.74. The van der Waals surface area contributed by atoms with E-state index in [1.54, 1.807) is 19.2 Å². The van der Waals surface area contributed by atoms with E-state index in [1.165, 1.54) is 26.2 Å². The molecular weight excluding hydrogens is 292 g/mol. The van der Waals surface area contributed by atoms with Crippen LogP contribution in [0.4, 0.5) is 5.88 Å². The zero-order chi connectivity index (χ0) is 15.6. The van der Waals surface area contributed by atoms with Gasteiger partial charge in [-0.2, -0.15) is 10.2 Å². The Morgan fingerprint density at radius 2 is 1.90 bits per heavy atom. The van der Waals surface area contributed by atoms with Crippen LogP contribution in [0, 0.1) is 11.3 Å². The Morgan fingerprint density at radius 3 is 2.33 bits per heavy atom. The molecule has 0 spiro atoms. The Hall–Kier alpha value is -2.37. The number of sulfonamides is 1. The molecule has 1 heterocycles. The van der Waals surface area contributed by atoms with Crippen LogP contribution >= 0.6 is 0 Å². The molecule has 0 amide bonds. The van der Waals surface area contributed by atoms with Gasteiger partial charge in [0.15, 0.2) is 0 Å². The topological polar surface area (TPSA) is 99.2 Å². The molecule has 0 aliphatic carbocycles. The molecule has 2 aromatic rings. The number of nitrogens with one attached hydrogen (secondary N) is 1. The summed E-state index contributed by atoms with van der Waals surface area (Å²) in [5.41, 5.74) is 0.739. The van der Waals surface area contributed by atoms with Crippen LogP contribution in [0.25, 0.3) is 11.5 Å². The first kappa shape index (κ1) is 15.0. The number of nitrogens with zero attached hydrogens (tertiary/aromatic N) is 3. The first-order valence-corrected chi connectivity index (χ1v) is 7.45. The second kappa shape index (κ2) is 5.55. The van der Waals surface area contributed by atoms with E-state index >= 15 is 0 Å². The van der Waals surface area contributed by atoms with Gasteiger partial charge in [-0.25, -0.2) is 12.7 Å². The highest BCUT2D eigenvalue weighted by Crippen LogP contribution is 2.26. The van der Waals surface area contributed by atoms with Crippen molar-refractivity contribution < 1.29 is 12.8 Å². The maximum atomic E-state index is 12.0. The van der Waals surface area contributed by atoms with Crippen LogP contribution in [-0.2, 0) is 10.0 Å². The number of hydrogen-bond acceptors (Lipinski definition) is 6. The van der Waals surface area contributed by atoms with Gasteiger partial charge in [0.25, 0.3) is 0 Å². The summed E-state index contributed by atoms with van der Waals surface area (Å²) in [4.78, 5) is 4.22. The fourth-order valence-electron chi connectivity index (χ4n) is 1.67. The van der Waals surface area contributed by atoms with Gasteiger partial charge in [0, 0.05) is 26.7 Å². The average molecular weight is 306 g/mol. The maximum absolute atomic E-state index is 12.0. The highest BCUT2D eigenvalue weighted by atomic mass is 32.2. The monoisotopic (exact) mass is 306 g/mol. The molecule has 0 unspecified atom stereocenters. The predicted molar refractivity (Wildman–Crippen MR) is 77.1 cm³/mol. The van der Waals surface area contributed by atoms with Gasteiger partial charge in [0.2, 0.25) is 27.5 Å². The minimum atomic E-state index is -3.47. The molecule has 2 rings (SSSR count). The largest absolute Gasteiger partial charge is 0.419 e. The minimum absolute atomic E-state index is 0.150. The lowest BCUT2D eigenvalue weighted by Crippen LogP contribution is -2.22. The maximum Gasteiger partial charge on any atom is 0.242 e. The molecule has 0 saturated heterocycles. The number of aromatic nitrogens is 1. The molecule has 0 bridgehead atoms. The highest BCUT2D eigenvalue weighted by molar-refractivity contribution is 7.89. The van der Waals surface area contributed by atoms with Crippen molar-refractivity contribution >= 4 is 15.9 Å². The number of oxazole rings is 1. The molecule has 0 aliphatic heterocycles. The van der Waals surface area contributed by atoms with Gasteiger partial charge in [0.1, 0.15) is 6.07 Å². The van der Waals surface area contributed by atoms with E-state index in [2.05, 4.69) is 10.3 Å². The third-order valence-electron chi connectivity index (χ3n) is 2.84. The van der Waals surface area contributed by atoms with Crippen molar-refractivity contribution in [2.45, 2.75) is 4.90 Å². The summed E-state index contributed by atoms with van der Waals surface area (Å²) >= 11 is 0. The molecule has 7 nitrogen and oxygen atoms in total. The van der Waals surface area contributed by atoms with Crippen LogP contribution in [0.3, 0.4) is 0 Å². The van der Waals surface area contributed by atoms with Crippen molar-refractivity contribution in [1.82, 2.24) is 9.29 Å². The molecule has 21 heavy (non-hydrogen) atoms. The van der Waals surface area contributed by atoms with E-state index in [4.69, 9.17) is 9.68 Å². The number of rotatable bonds is 4. The van der Waals surface area contributed by atoms with Gasteiger partial charge < -0.3 is 9.73 Å². The van der Waals surface area contributed by atoms with E-state index in [1.807, 2.05) is 6.07 Å². The second-order valence-corrected chi connectivity index (χ2v) is 6.52. The highest BCUT2D eigenvalue weighted by Gasteiger charge is 2.18. The lowest BCUT2D eigenvalue weighted by atomic mass is 10.2. The Balaban J connectivity index is 2.41. The van der Waals surface area contributed by atoms with Gasteiger partial charge in [-0.15, -0.1) is 0 Å². The summed E-state index contributed by atoms with van der Waals surface area (Å²) in [5, 5.41) is 11.7. The SMILES string of the molecule is CNc1oc(-c2ccc(S(=O)(=O)N(C)C)cc2)nc1C#N. The van der Waals surface area contributed by atoms with Gasteiger partial charge in [-0.1, -0.05) is 0 Å². The second-order valence-electron chi connectivity index (χ2n) is 4.37. The smallest absolute Gasteiger partial charge is 0.242 e. The third-order valence-corrected chi connectivity index (χ3v) is 4.67. The van der Waals surface area contributed by atoms with E-state index < -0.39 is 10.0 Å². The molecule has 0 atom stereocenters. The Bertz CT molecular complexity index is 786. The summed E-state index contributed by atoms with van der Waals surface area (Å²) < 4.78 is 30.5. The van der Waals surface area contributed by atoms with Crippen LogP contribution in [0.15, 0.2) is 33.6 Å². The van der Waals surface area contributed by atoms with Gasteiger partial charge in [0.05, 0.1) is 4.90 Å². The molecule has 1 aromatic heterocycles. The van der Waals surface area contributed by atoms with Crippen molar-refractivity contribution in [2.24, 2.45) is 0 Å². The van der Waals surface area contributed by atoms with E-state index in [0.717, 1.165) is 4.31 Å². The van der Waals surface area contributed by atoms with Crippen molar-refractivity contribution in [3.8, 4) is 17.5 Å². The number of nitriles is 1. The average Bonchev–Trinajstić information content (AvgIpc) is 2.90. The Morgan fingerprint density at radius 1 is 1.29 bits per heavy atom. The van der Waals surface area contributed by atoms with E-state index in [-0.39, 0.29) is 22.4 Å². The summed E-state index contributed by atoms with van der Waals surface area (Å²) in [5.74, 6) is 0.530. The molecule has 0 aliphatic rings. The van der Waals surface area contributed by atoms with Crippen LogP contribution in [0.2, 0.25) is 0 Å². The zero-order valence-corrected chi connectivity index (χ0v) is 12.6. The summed E-state index contributed by atoms with van der Waals surface area (Å²) in [6.45, 7) is 0. The number of benzene rings is 1. The fourth-order valence-corrected chi connectivity index (χ4v) is 2.57. The molecule has 0 saturated carbocycles. The molecule has 110 valence electrons. The first-order valence-electron chi connectivity index (χ1n) is 6.01. The van der Waals surface area contributed by atoms with Gasteiger partial charge in [-0.05, 0) is 24.3 Å². The van der Waals surface area contributed by atoms with Crippen LogP contribution < -0.4 is 5.32 Å². The van der Waals surface area contributed by atoms with Crippen LogP contribution in [-0.4, -0.2) is 38.9 Å². The van der Waals surface area contributed by atoms with Gasteiger partial charge >= 0.3 is 0 Å². The van der Waals surface area contributed by atoms with E-state index in [9.17, 15) is 8.42 Å². The number of anilines is 1. The summed E-state index contributed by atoms with van der Waals surface area (Å²) in [6, 6.07) is 8.03. The Labute approximate surface area is 122 Å². The molecule has 1 aromatic carbocycles. The predicted octanol–water partition coefficient (Wildman–Crippen LogP) is 1.51. The lowest BCUT2D eigenvalue weighted by Gasteiger charge is -2.11. The molecule has 0 fully saturated rings. The normalized spacial score (nSPS) is 11.4. The number of hydrogen-bond donors (Lipinski definition) is 1. The minimum Gasteiger partial charge on any atom is -0.419 e. The summed E-state index contributed by atoms with van der Waals surface area (Å²) in [6.07, 6.45) is 0. The van der Waals surface area contributed by atoms with Crippen molar-refractivity contribution in [3.63, 3.8) is 0 Å². The van der Waals surface area contributed by atoms with Crippen LogP contribution in [0.1, 0.15) is 5.69 Å². The molecule has 0 radical (unpaired) electrons. The quantitative estimate of drug-likeness (QED) is 0.919. The molecule has 1 N–H and O–H groups in total. The lowest BCUT2D eigenvalue weighted by molar-refractivity contribution is 0.520. The summed E-state index contributed by atoms with van der Waals surface area (Å²) in [7, 11) is 1.09. The van der Waals surface area contributed by atoms with Crippen molar-refractivity contribution in [3.05, 3.63) is 30.0 Å². The van der Waals surface area contributed by atoms with Crippen LogP contribution in [0.5, 0.6) is 0 Å². The standard InChI is InChI=1S/C13H14N4O3S/c1-15-13-11(8-14)16-12(20-13)9-4-6-10(7-5-9)21(18,19)17(2)3/h4-7,15H,1-3H3. The fraction of sp³-hybridized carbons (Fsp3) is 0.231. The van der Waals surface area contributed by atoms with Gasteiger partial charge in [-0.3, -0.25) is 0 Å². The van der Waals surface area contributed by atoms with E-state index in [0.29, 0.717) is 5.56 Å². The molecular formula is C13H14N4O3S. The first-order chi connectivity index (χ1) is 9.90. The molecule has 8 heteroatoms. The Kier molecular flexibility index (Phi) is 3.97.